The molecule has 0 saturated heterocycles. The average molecular weight is 262 g/mol. The third kappa shape index (κ3) is 2.73. The third-order valence-corrected chi connectivity index (χ3v) is 3.87. The molecular formula is C15H22N2O2. The van der Waals surface area contributed by atoms with Gasteiger partial charge >= 0.3 is 0 Å². The Morgan fingerprint density at radius 3 is 2.68 bits per heavy atom. The van der Waals surface area contributed by atoms with Gasteiger partial charge in [-0.15, -0.1) is 0 Å². The van der Waals surface area contributed by atoms with Gasteiger partial charge in [0.15, 0.2) is 0 Å². The minimum atomic E-state index is 0.0648. The van der Waals surface area contributed by atoms with E-state index in [2.05, 4.69) is 6.92 Å². The number of carbonyl (C=O) groups is 1. The highest BCUT2D eigenvalue weighted by Crippen LogP contribution is 2.33. The van der Waals surface area contributed by atoms with Crippen molar-refractivity contribution in [3.05, 3.63) is 23.8 Å². The normalized spacial score (nSPS) is 21.7. The largest absolute Gasteiger partial charge is 0.495 e. The molecule has 1 amide bonds. The predicted molar refractivity (Wildman–Crippen MR) is 76.5 cm³/mol. The molecule has 2 N–H and O–H groups in total. The summed E-state index contributed by atoms with van der Waals surface area (Å²) in [6.45, 7) is 2.10. The van der Waals surface area contributed by atoms with Crippen molar-refractivity contribution in [2.45, 2.75) is 32.2 Å². The van der Waals surface area contributed by atoms with E-state index in [4.69, 9.17) is 10.5 Å². The molecule has 0 atom stereocenters. The molecule has 1 fully saturated rings. The van der Waals surface area contributed by atoms with Crippen molar-refractivity contribution in [3.63, 3.8) is 0 Å². The number of nitrogens with two attached hydrogens (primary N) is 1. The van der Waals surface area contributed by atoms with Crippen LogP contribution in [-0.2, 0) is 11.2 Å². The van der Waals surface area contributed by atoms with Crippen LogP contribution in [0.1, 0.15) is 25.3 Å². The second-order valence-corrected chi connectivity index (χ2v) is 5.19. The van der Waals surface area contributed by atoms with E-state index in [9.17, 15) is 4.79 Å². The van der Waals surface area contributed by atoms with Crippen LogP contribution in [0.4, 0.5) is 5.69 Å². The molecule has 4 nitrogen and oxygen atoms in total. The van der Waals surface area contributed by atoms with Crippen LogP contribution in [0.5, 0.6) is 5.75 Å². The summed E-state index contributed by atoms with van der Waals surface area (Å²) in [5.74, 6) is 0.930. The summed E-state index contributed by atoms with van der Waals surface area (Å²) in [5.41, 5.74) is 7.79. The van der Waals surface area contributed by atoms with E-state index >= 15 is 0 Å². The highest BCUT2D eigenvalue weighted by Gasteiger charge is 2.34. The molecule has 1 aromatic rings. The molecule has 1 aliphatic carbocycles. The summed E-state index contributed by atoms with van der Waals surface area (Å²) in [5, 5.41) is 0. The van der Waals surface area contributed by atoms with Crippen LogP contribution in [0.2, 0.25) is 0 Å². The number of ether oxygens (including phenoxy) is 1. The maximum atomic E-state index is 12.4. The van der Waals surface area contributed by atoms with Gasteiger partial charge in [-0.1, -0.05) is 13.0 Å². The molecule has 0 bridgehead atoms. The summed E-state index contributed by atoms with van der Waals surface area (Å²) >= 11 is 0. The second-order valence-electron chi connectivity index (χ2n) is 5.19. The quantitative estimate of drug-likeness (QED) is 0.902. The summed E-state index contributed by atoms with van der Waals surface area (Å²) in [6.07, 6.45) is 2.52. The Labute approximate surface area is 114 Å². The molecule has 0 spiro atoms. The van der Waals surface area contributed by atoms with Gasteiger partial charge in [0.1, 0.15) is 5.75 Å². The molecule has 2 rings (SSSR count). The van der Waals surface area contributed by atoms with Crippen molar-refractivity contribution in [2.75, 3.05) is 19.1 Å². The van der Waals surface area contributed by atoms with Crippen molar-refractivity contribution in [1.29, 1.82) is 0 Å². The van der Waals surface area contributed by atoms with E-state index in [0.29, 0.717) is 0 Å². The number of methoxy groups -OCH3 is 1. The molecule has 19 heavy (non-hydrogen) atoms. The third-order valence-electron chi connectivity index (χ3n) is 3.87. The van der Waals surface area contributed by atoms with Crippen LogP contribution in [-0.4, -0.2) is 26.1 Å². The van der Waals surface area contributed by atoms with E-state index in [1.54, 1.807) is 12.0 Å². The Bertz CT molecular complexity index is 467. The lowest BCUT2D eigenvalue weighted by Gasteiger charge is -2.34. The van der Waals surface area contributed by atoms with Crippen molar-refractivity contribution in [1.82, 2.24) is 0 Å². The molecule has 0 aromatic heterocycles. The molecule has 104 valence electrons. The van der Waals surface area contributed by atoms with E-state index < -0.39 is 0 Å². The SMILES string of the molecule is CCc1ccc(OC)c(N(C)C(=O)C2CC(N)C2)c1. The van der Waals surface area contributed by atoms with Crippen LogP contribution in [0.15, 0.2) is 18.2 Å². The lowest BCUT2D eigenvalue weighted by molar-refractivity contribution is -0.124. The van der Waals surface area contributed by atoms with Crippen LogP contribution in [0.25, 0.3) is 0 Å². The first-order valence-electron chi connectivity index (χ1n) is 6.76. The number of carbonyl (C=O) groups excluding carboxylic acids is 1. The van der Waals surface area contributed by atoms with Crippen LogP contribution in [0.3, 0.4) is 0 Å². The lowest BCUT2D eigenvalue weighted by Crippen LogP contribution is -2.45. The summed E-state index contributed by atoms with van der Waals surface area (Å²) < 4.78 is 5.35. The Morgan fingerprint density at radius 2 is 2.16 bits per heavy atom. The first kappa shape index (κ1) is 13.9. The topological polar surface area (TPSA) is 55.6 Å². The Kier molecular flexibility index (Phi) is 4.10. The van der Waals surface area contributed by atoms with E-state index in [-0.39, 0.29) is 17.9 Å². The fourth-order valence-corrected chi connectivity index (χ4v) is 2.47. The van der Waals surface area contributed by atoms with Crippen molar-refractivity contribution >= 4 is 11.6 Å². The first-order chi connectivity index (χ1) is 9.06. The zero-order valence-electron chi connectivity index (χ0n) is 11.8. The number of rotatable bonds is 4. The standard InChI is InChI=1S/C15H22N2O2/c1-4-10-5-6-14(19-3)13(7-10)17(2)15(18)11-8-12(16)9-11/h5-7,11-12H,4,8-9,16H2,1-3H3. The van der Waals surface area contributed by atoms with E-state index in [1.807, 2.05) is 25.2 Å². The molecule has 1 aromatic carbocycles. The lowest BCUT2D eigenvalue weighted by atomic mass is 9.80. The molecule has 0 aliphatic heterocycles. The van der Waals surface area contributed by atoms with Gasteiger partial charge in [-0.3, -0.25) is 4.79 Å². The minimum absolute atomic E-state index is 0.0648. The van der Waals surface area contributed by atoms with Crippen LogP contribution in [0, 0.1) is 5.92 Å². The number of anilines is 1. The number of benzene rings is 1. The summed E-state index contributed by atoms with van der Waals surface area (Å²) in [6, 6.07) is 6.16. The van der Waals surface area contributed by atoms with Gasteiger partial charge in [0.2, 0.25) is 5.91 Å². The Hall–Kier alpha value is -1.55. The zero-order valence-corrected chi connectivity index (χ0v) is 11.8. The molecular weight excluding hydrogens is 240 g/mol. The highest BCUT2D eigenvalue weighted by atomic mass is 16.5. The zero-order chi connectivity index (χ0) is 14.0. The average Bonchev–Trinajstić information content (AvgIpc) is 2.41. The number of aryl methyl sites for hydroxylation is 1. The maximum Gasteiger partial charge on any atom is 0.230 e. The maximum absolute atomic E-state index is 12.4. The fraction of sp³-hybridized carbons (Fsp3) is 0.533. The van der Waals surface area contributed by atoms with E-state index in [1.165, 1.54) is 5.56 Å². The van der Waals surface area contributed by atoms with Gasteiger partial charge in [0, 0.05) is 19.0 Å². The number of hydrogen-bond acceptors (Lipinski definition) is 3. The van der Waals surface area contributed by atoms with Crippen molar-refractivity contribution in [3.8, 4) is 5.75 Å². The summed E-state index contributed by atoms with van der Waals surface area (Å²) in [7, 11) is 3.44. The monoisotopic (exact) mass is 262 g/mol. The van der Waals surface area contributed by atoms with Crippen molar-refractivity contribution in [2.24, 2.45) is 11.7 Å². The number of hydrogen-bond donors (Lipinski definition) is 1. The van der Waals surface area contributed by atoms with Gasteiger partial charge < -0.3 is 15.4 Å². The van der Waals surface area contributed by atoms with E-state index in [0.717, 1.165) is 30.7 Å². The fourth-order valence-electron chi connectivity index (χ4n) is 2.47. The highest BCUT2D eigenvalue weighted by molar-refractivity contribution is 5.96. The Morgan fingerprint density at radius 1 is 1.47 bits per heavy atom. The summed E-state index contributed by atoms with van der Waals surface area (Å²) in [4.78, 5) is 14.1. The van der Waals surface area contributed by atoms with Gasteiger partial charge in [0.25, 0.3) is 0 Å². The predicted octanol–water partition coefficient (Wildman–Crippen LogP) is 1.96. The smallest absolute Gasteiger partial charge is 0.230 e. The molecule has 0 heterocycles. The minimum Gasteiger partial charge on any atom is -0.495 e. The molecule has 4 heteroatoms. The van der Waals surface area contributed by atoms with Gasteiger partial charge in [-0.05, 0) is 37.0 Å². The molecule has 0 unspecified atom stereocenters. The molecule has 1 saturated carbocycles. The van der Waals surface area contributed by atoms with Gasteiger partial charge in [-0.2, -0.15) is 0 Å². The molecule has 1 aliphatic rings. The van der Waals surface area contributed by atoms with Gasteiger partial charge in [0.05, 0.1) is 12.8 Å². The van der Waals surface area contributed by atoms with Crippen LogP contribution >= 0.6 is 0 Å². The number of nitrogens with zero attached hydrogens (tertiary/aromatic N) is 1. The van der Waals surface area contributed by atoms with Crippen molar-refractivity contribution < 1.29 is 9.53 Å². The molecule has 0 radical (unpaired) electrons. The number of amides is 1. The second kappa shape index (κ2) is 5.61. The van der Waals surface area contributed by atoms with Crippen LogP contribution < -0.4 is 15.4 Å². The van der Waals surface area contributed by atoms with Gasteiger partial charge in [-0.25, -0.2) is 0 Å². The Balaban J connectivity index is 2.21. The first-order valence-corrected chi connectivity index (χ1v) is 6.76.